The molecule has 1 heterocycles. The van der Waals surface area contributed by atoms with Gasteiger partial charge in [-0.1, -0.05) is 42.4 Å². The molecular formula is C15H20N2OS. The quantitative estimate of drug-likeness (QED) is 0.816. The number of nitrogens with one attached hydrogen (secondary N) is 1. The van der Waals surface area contributed by atoms with Crippen LogP contribution in [0.2, 0.25) is 0 Å². The van der Waals surface area contributed by atoms with Crippen LogP contribution in [0.1, 0.15) is 29.7 Å². The molecule has 2 aromatic rings. The van der Waals surface area contributed by atoms with Gasteiger partial charge in [-0.2, -0.15) is 0 Å². The molecule has 0 saturated carbocycles. The second-order valence-electron chi connectivity index (χ2n) is 4.58. The highest BCUT2D eigenvalue weighted by molar-refractivity contribution is 7.99. The van der Waals surface area contributed by atoms with Crippen LogP contribution in [-0.2, 0) is 0 Å². The number of aryl methyl sites for hydroxylation is 2. The number of nitrogens with zero attached hydrogens (tertiary/aromatic N) is 1. The van der Waals surface area contributed by atoms with Gasteiger partial charge in [0, 0.05) is 11.8 Å². The standard InChI is InChI=1S/C15H20N2OS/c1-4-16-14(10-19-15-17-7-8-18-15)13-9-11(2)5-6-12(13)3/h5-9,14,16H,4,10H2,1-3H3. The zero-order chi connectivity index (χ0) is 13.7. The predicted octanol–water partition coefficient (Wildman–Crippen LogP) is 3.73. The van der Waals surface area contributed by atoms with Crippen molar-refractivity contribution in [2.24, 2.45) is 0 Å². The predicted molar refractivity (Wildman–Crippen MR) is 79.6 cm³/mol. The van der Waals surface area contributed by atoms with Crippen LogP contribution in [0.4, 0.5) is 0 Å². The topological polar surface area (TPSA) is 38.1 Å². The third-order valence-electron chi connectivity index (χ3n) is 3.04. The Morgan fingerprint density at radius 2 is 2.21 bits per heavy atom. The summed E-state index contributed by atoms with van der Waals surface area (Å²) in [7, 11) is 0. The molecule has 1 aromatic carbocycles. The molecule has 0 aliphatic heterocycles. The molecule has 0 saturated heterocycles. The van der Waals surface area contributed by atoms with Crippen LogP contribution in [-0.4, -0.2) is 17.3 Å². The maximum atomic E-state index is 5.28. The Hall–Kier alpha value is -1.26. The van der Waals surface area contributed by atoms with Crippen molar-refractivity contribution >= 4 is 11.8 Å². The van der Waals surface area contributed by atoms with E-state index in [0.29, 0.717) is 6.04 Å². The van der Waals surface area contributed by atoms with E-state index in [1.165, 1.54) is 16.7 Å². The summed E-state index contributed by atoms with van der Waals surface area (Å²) in [5, 5.41) is 4.27. The van der Waals surface area contributed by atoms with Crippen LogP contribution < -0.4 is 5.32 Å². The minimum atomic E-state index is 0.321. The largest absolute Gasteiger partial charge is 0.440 e. The zero-order valence-corrected chi connectivity index (χ0v) is 12.5. The highest BCUT2D eigenvalue weighted by Crippen LogP contribution is 2.26. The first-order chi connectivity index (χ1) is 9.20. The summed E-state index contributed by atoms with van der Waals surface area (Å²) in [5.74, 6) is 0.915. The van der Waals surface area contributed by atoms with Gasteiger partial charge in [0.1, 0.15) is 6.26 Å². The van der Waals surface area contributed by atoms with Gasteiger partial charge in [-0.25, -0.2) is 4.98 Å². The number of oxazole rings is 1. The molecule has 1 N–H and O–H groups in total. The van der Waals surface area contributed by atoms with E-state index in [9.17, 15) is 0 Å². The minimum Gasteiger partial charge on any atom is -0.440 e. The Labute approximate surface area is 118 Å². The Morgan fingerprint density at radius 3 is 2.89 bits per heavy atom. The van der Waals surface area contributed by atoms with Crippen molar-refractivity contribution in [1.82, 2.24) is 10.3 Å². The summed E-state index contributed by atoms with van der Waals surface area (Å²) in [6.07, 6.45) is 3.30. The third kappa shape index (κ3) is 3.85. The van der Waals surface area contributed by atoms with E-state index in [1.807, 2.05) is 0 Å². The van der Waals surface area contributed by atoms with Gasteiger partial charge in [-0.15, -0.1) is 0 Å². The molecule has 3 nitrogen and oxygen atoms in total. The zero-order valence-electron chi connectivity index (χ0n) is 11.6. The summed E-state index contributed by atoms with van der Waals surface area (Å²) in [4.78, 5) is 4.15. The van der Waals surface area contributed by atoms with Crippen molar-refractivity contribution in [1.29, 1.82) is 0 Å². The van der Waals surface area contributed by atoms with Gasteiger partial charge in [0.15, 0.2) is 0 Å². The number of rotatable bonds is 6. The molecule has 0 aliphatic rings. The molecule has 102 valence electrons. The van der Waals surface area contributed by atoms with Crippen molar-refractivity contribution in [2.75, 3.05) is 12.3 Å². The van der Waals surface area contributed by atoms with Crippen LogP contribution in [0.5, 0.6) is 0 Å². The molecule has 19 heavy (non-hydrogen) atoms. The van der Waals surface area contributed by atoms with Gasteiger partial charge in [-0.3, -0.25) is 0 Å². The molecule has 0 aliphatic carbocycles. The number of thioether (sulfide) groups is 1. The number of benzene rings is 1. The van der Waals surface area contributed by atoms with Crippen molar-refractivity contribution in [2.45, 2.75) is 32.0 Å². The van der Waals surface area contributed by atoms with Crippen molar-refractivity contribution in [3.05, 3.63) is 47.3 Å². The van der Waals surface area contributed by atoms with E-state index < -0.39 is 0 Å². The lowest BCUT2D eigenvalue weighted by molar-refractivity contribution is 0.453. The molecule has 0 radical (unpaired) electrons. The van der Waals surface area contributed by atoms with Gasteiger partial charge >= 0.3 is 0 Å². The highest BCUT2D eigenvalue weighted by atomic mass is 32.2. The fourth-order valence-electron chi connectivity index (χ4n) is 2.08. The fourth-order valence-corrected chi connectivity index (χ4v) is 2.94. The van der Waals surface area contributed by atoms with E-state index in [0.717, 1.165) is 17.5 Å². The SMILES string of the molecule is CCNC(CSc1ncco1)c1cc(C)ccc1C. The summed E-state index contributed by atoms with van der Waals surface area (Å²) >= 11 is 1.64. The number of aromatic nitrogens is 1. The van der Waals surface area contributed by atoms with Crippen molar-refractivity contribution in [3.8, 4) is 0 Å². The maximum Gasteiger partial charge on any atom is 0.255 e. The summed E-state index contributed by atoms with van der Waals surface area (Å²) < 4.78 is 5.28. The Kier molecular flexibility index (Phi) is 5.05. The average molecular weight is 276 g/mol. The molecule has 4 heteroatoms. The van der Waals surface area contributed by atoms with Gasteiger partial charge in [0.2, 0.25) is 0 Å². The minimum absolute atomic E-state index is 0.321. The lowest BCUT2D eigenvalue weighted by atomic mass is 10.00. The first-order valence-electron chi connectivity index (χ1n) is 6.53. The van der Waals surface area contributed by atoms with E-state index in [-0.39, 0.29) is 0 Å². The first kappa shape index (κ1) is 14.2. The van der Waals surface area contributed by atoms with Gasteiger partial charge in [-0.05, 0) is 31.5 Å². The second-order valence-corrected chi connectivity index (χ2v) is 5.55. The lowest BCUT2D eigenvalue weighted by Crippen LogP contribution is -2.23. The Balaban J connectivity index is 2.12. The second kappa shape index (κ2) is 6.78. The van der Waals surface area contributed by atoms with Gasteiger partial charge in [0.05, 0.1) is 6.20 Å². The Morgan fingerprint density at radius 1 is 1.37 bits per heavy atom. The summed E-state index contributed by atoms with van der Waals surface area (Å²) in [6, 6.07) is 6.92. The lowest BCUT2D eigenvalue weighted by Gasteiger charge is -2.20. The summed E-state index contributed by atoms with van der Waals surface area (Å²) in [6.45, 7) is 7.38. The fraction of sp³-hybridized carbons (Fsp3) is 0.400. The average Bonchev–Trinajstić information content (AvgIpc) is 2.91. The van der Waals surface area contributed by atoms with Crippen molar-refractivity contribution < 1.29 is 4.42 Å². The first-order valence-corrected chi connectivity index (χ1v) is 7.52. The summed E-state index contributed by atoms with van der Waals surface area (Å²) in [5.41, 5.74) is 3.98. The molecule has 0 amide bonds. The highest BCUT2D eigenvalue weighted by Gasteiger charge is 2.14. The number of hydrogen-bond donors (Lipinski definition) is 1. The van der Waals surface area contributed by atoms with E-state index in [1.54, 1.807) is 24.2 Å². The van der Waals surface area contributed by atoms with E-state index in [4.69, 9.17) is 4.42 Å². The van der Waals surface area contributed by atoms with Gasteiger partial charge in [0.25, 0.3) is 5.22 Å². The monoisotopic (exact) mass is 276 g/mol. The molecule has 0 bridgehead atoms. The molecule has 1 aromatic heterocycles. The molecule has 2 rings (SSSR count). The van der Waals surface area contributed by atoms with Crippen LogP contribution >= 0.6 is 11.8 Å². The number of hydrogen-bond acceptors (Lipinski definition) is 4. The van der Waals surface area contributed by atoms with Crippen LogP contribution in [0, 0.1) is 13.8 Å². The van der Waals surface area contributed by atoms with E-state index >= 15 is 0 Å². The van der Waals surface area contributed by atoms with Crippen LogP contribution in [0.3, 0.4) is 0 Å². The molecule has 0 fully saturated rings. The molecule has 0 spiro atoms. The normalized spacial score (nSPS) is 12.6. The van der Waals surface area contributed by atoms with E-state index in [2.05, 4.69) is 49.3 Å². The van der Waals surface area contributed by atoms with Gasteiger partial charge < -0.3 is 9.73 Å². The van der Waals surface area contributed by atoms with Crippen molar-refractivity contribution in [3.63, 3.8) is 0 Å². The van der Waals surface area contributed by atoms with Crippen LogP contribution in [0.15, 0.2) is 40.3 Å². The smallest absolute Gasteiger partial charge is 0.255 e. The molecule has 1 atom stereocenters. The molecular weight excluding hydrogens is 256 g/mol. The molecule has 1 unspecified atom stereocenters. The van der Waals surface area contributed by atoms with Crippen LogP contribution in [0.25, 0.3) is 0 Å². The third-order valence-corrected chi connectivity index (χ3v) is 3.99. The maximum absolute atomic E-state index is 5.28. The Bertz CT molecular complexity index is 511.